The Kier molecular flexibility index (Phi) is 6.74. The van der Waals surface area contributed by atoms with E-state index in [0.29, 0.717) is 18.0 Å². The summed E-state index contributed by atoms with van der Waals surface area (Å²) in [6.45, 7) is 2.56. The number of carbonyl (C=O) groups is 1. The molecule has 0 saturated heterocycles. The van der Waals surface area contributed by atoms with Crippen LogP contribution in [0.25, 0.3) is 0 Å². The van der Waals surface area contributed by atoms with Gasteiger partial charge in [0.15, 0.2) is 0 Å². The van der Waals surface area contributed by atoms with E-state index in [0.717, 1.165) is 19.3 Å². The summed E-state index contributed by atoms with van der Waals surface area (Å²) in [7, 11) is 1.57. The highest BCUT2D eigenvalue weighted by atomic mass is 16.5. The van der Waals surface area contributed by atoms with Crippen LogP contribution in [-0.2, 0) is 0 Å². The Labute approximate surface area is 114 Å². The van der Waals surface area contributed by atoms with Crippen LogP contribution >= 0.6 is 0 Å². The molecule has 1 unspecified atom stereocenters. The Hall–Kier alpha value is -1.75. The lowest BCUT2D eigenvalue weighted by atomic mass is 10.1. The first-order valence-electron chi connectivity index (χ1n) is 6.61. The minimum absolute atomic E-state index is 0.00894. The molecule has 2 amide bonds. The molecule has 0 spiro atoms. The number of amides is 2. The second-order valence-corrected chi connectivity index (χ2v) is 4.37. The number of methoxy groups -OCH3 is 1. The number of ether oxygens (including phenoxy) is 1. The third-order valence-electron chi connectivity index (χ3n) is 2.88. The predicted molar refractivity (Wildman–Crippen MR) is 77.5 cm³/mol. The fourth-order valence-corrected chi connectivity index (χ4v) is 1.79. The van der Waals surface area contributed by atoms with Gasteiger partial charge in [-0.2, -0.15) is 0 Å². The lowest BCUT2D eigenvalue weighted by Crippen LogP contribution is -2.42. The van der Waals surface area contributed by atoms with Gasteiger partial charge in [-0.1, -0.05) is 31.9 Å². The van der Waals surface area contributed by atoms with Gasteiger partial charge in [0.2, 0.25) is 0 Å². The molecule has 0 bridgehead atoms. The van der Waals surface area contributed by atoms with Crippen LogP contribution in [0.5, 0.6) is 5.75 Å². The summed E-state index contributed by atoms with van der Waals surface area (Å²) in [5.74, 6) is 0.635. The van der Waals surface area contributed by atoms with Gasteiger partial charge in [-0.3, -0.25) is 0 Å². The second kappa shape index (κ2) is 8.37. The number of nitrogens with two attached hydrogens (primary N) is 1. The monoisotopic (exact) mass is 265 g/mol. The molecular formula is C14H23N3O2. The highest BCUT2D eigenvalue weighted by Gasteiger charge is 2.11. The summed E-state index contributed by atoms with van der Waals surface area (Å²) in [5, 5.41) is 5.64. The molecule has 19 heavy (non-hydrogen) atoms. The number of urea groups is 1. The van der Waals surface area contributed by atoms with Gasteiger partial charge in [-0.15, -0.1) is 0 Å². The summed E-state index contributed by atoms with van der Waals surface area (Å²) in [5.41, 5.74) is 6.29. The Morgan fingerprint density at radius 3 is 2.79 bits per heavy atom. The molecule has 0 aromatic heterocycles. The maximum atomic E-state index is 11.9. The minimum atomic E-state index is -0.254. The summed E-state index contributed by atoms with van der Waals surface area (Å²) in [6, 6.07) is 7.04. The smallest absolute Gasteiger partial charge is 0.319 e. The Bertz CT molecular complexity index is 396. The Morgan fingerprint density at radius 1 is 1.42 bits per heavy atom. The van der Waals surface area contributed by atoms with E-state index in [-0.39, 0.29) is 12.1 Å². The SMILES string of the molecule is CCCCC(CN)NC(=O)Nc1ccccc1OC. The number of benzene rings is 1. The lowest BCUT2D eigenvalue weighted by Gasteiger charge is -2.17. The first kappa shape index (κ1) is 15.3. The predicted octanol–water partition coefficient (Wildman–Crippen LogP) is 2.33. The van der Waals surface area contributed by atoms with E-state index in [2.05, 4.69) is 17.6 Å². The molecule has 1 aromatic carbocycles. The van der Waals surface area contributed by atoms with E-state index in [1.165, 1.54) is 0 Å². The number of anilines is 1. The molecule has 0 aliphatic heterocycles. The minimum Gasteiger partial charge on any atom is -0.495 e. The van der Waals surface area contributed by atoms with Crippen LogP contribution < -0.4 is 21.1 Å². The number of hydrogen-bond acceptors (Lipinski definition) is 3. The van der Waals surface area contributed by atoms with Crippen molar-refractivity contribution < 1.29 is 9.53 Å². The normalized spacial score (nSPS) is 11.7. The number of unbranched alkanes of at least 4 members (excludes halogenated alkanes) is 1. The third kappa shape index (κ3) is 5.18. The van der Waals surface area contributed by atoms with Crippen LogP contribution in [0, 0.1) is 0 Å². The van der Waals surface area contributed by atoms with Crippen molar-refractivity contribution in [3.8, 4) is 5.75 Å². The number of carbonyl (C=O) groups excluding carboxylic acids is 1. The molecule has 1 rings (SSSR count). The first-order valence-corrected chi connectivity index (χ1v) is 6.61. The van der Waals surface area contributed by atoms with Crippen LogP contribution in [0.4, 0.5) is 10.5 Å². The van der Waals surface area contributed by atoms with E-state index in [1.54, 1.807) is 19.2 Å². The van der Waals surface area contributed by atoms with Crippen molar-refractivity contribution >= 4 is 11.7 Å². The number of rotatable bonds is 7. The average molecular weight is 265 g/mol. The quantitative estimate of drug-likeness (QED) is 0.708. The van der Waals surface area contributed by atoms with Crippen molar-refractivity contribution in [2.24, 2.45) is 5.73 Å². The molecule has 0 aliphatic rings. The zero-order chi connectivity index (χ0) is 14.1. The average Bonchev–Trinajstić information content (AvgIpc) is 2.44. The first-order chi connectivity index (χ1) is 9.21. The van der Waals surface area contributed by atoms with Crippen LogP contribution in [0.1, 0.15) is 26.2 Å². The molecule has 0 saturated carbocycles. The van der Waals surface area contributed by atoms with Crippen molar-refractivity contribution in [3.63, 3.8) is 0 Å². The molecule has 106 valence electrons. The molecule has 1 atom stereocenters. The number of para-hydroxylation sites is 2. The molecule has 0 heterocycles. The van der Waals surface area contributed by atoms with E-state index >= 15 is 0 Å². The number of nitrogens with one attached hydrogen (secondary N) is 2. The van der Waals surface area contributed by atoms with Gasteiger partial charge in [-0.25, -0.2) is 4.79 Å². The Morgan fingerprint density at radius 2 is 2.16 bits per heavy atom. The zero-order valence-corrected chi connectivity index (χ0v) is 11.6. The van der Waals surface area contributed by atoms with E-state index in [4.69, 9.17) is 10.5 Å². The molecule has 0 aliphatic carbocycles. The van der Waals surface area contributed by atoms with Gasteiger partial charge in [0.1, 0.15) is 5.75 Å². The molecule has 0 radical (unpaired) electrons. The summed E-state index contributed by atoms with van der Waals surface area (Å²) in [4.78, 5) is 11.9. The summed E-state index contributed by atoms with van der Waals surface area (Å²) in [6.07, 6.45) is 3.04. The maximum Gasteiger partial charge on any atom is 0.319 e. The second-order valence-electron chi connectivity index (χ2n) is 4.37. The largest absolute Gasteiger partial charge is 0.495 e. The standard InChI is InChI=1S/C14H23N3O2/c1-3-4-7-11(10-15)16-14(18)17-12-8-5-6-9-13(12)19-2/h5-6,8-9,11H,3-4,7,10,15H2,1-2H3,(H2,16,17,18). The van der Waals surface area contributed by atoms with Gasteiger partial charge < -0.3 is 21.1 Å². The van der Waals surface area contributed by atoms with Crippen molar-refractivity contribution in [2.75, 3.05) is 19.0 Å². The van der Waals surface area contributed by atoms with E-state index < -0.39 is 0 Å². The van der Waals surface area contributed by atoms with Crippen molar-refractivity contribution in [3.05, 3.63) is 24.3 Å². The zero-order valence-electron chi connectivity index (χ0n) is 11.6. The van der Waals surface area contributed by atoms with E-state index in [9.17, 15) is 4.79 Å². The van der Waals surface area contributed by atoms with Gasteiger partial charge >= 0.3 is 6.03 Å². The van der Waals surface area contributed by atoms with Crippen molar-refractivity contribution in [2.45, 2.75) is 32.2 Å². The third-order valence-corrected chi connectivity index (χ3v) is 2.88. The van der Waals surface area contributed by atoms with Gasteiger partial charge in [0, 0.05) is 12.6 Å². The maximum absolute atomic E-state index is 11.9. The van der Waals surface area contributed by atoms with Crippen LogP contribution in [0.15, 0.2) is 24.3 Å². The highest BCUT2D eigenvalue weighted by molar-refractivity contribution is 5.91. The van der Waals surface area contributed by atoms with Gasteiger partial charge in [0.05, 0.1) is 12.8 Å². The topological polar surface area (TPSA) is 76.4 Å². The fraction of sp³-hybridized carbons (Fsp3) is 0.500. The molecule has 0 fully saturated rings. The highest BCUT2D eigenvalue weighted by Crippen LogP contribution is 2.22. The van der Waals surface area contributed by atoms with Crippen LogP contribution in [0.3, 0.4) is 0 Å². The molecule has 1 aromatic rings. The summed E-state index contributed by atoms with van der Waals surface area (Å²) < 4.78 is 5.18. The van der Waals surface area contributed by atoms with Crippen LogP contribution in [-0.4, -0.2) is 25.7 Å². The summed E-state index contributed by atoms with van der Waals surface area (Å²) >= 11 is 0. The van der Waals surface area contributed by atoms with Crippen LogP contribution in [0.2, 0.25) is 0 Å². The fourth-order valence-electron chi connectivity index (χ4n) is 1.79. The number of hydrogen-bond donors (Lipinski definition) is 3. The molecule has 5 nitrogen and oxygen atoms in total. The van der Waals surface area contributed by atoms with Crippen molar-refractivity contribution in [1.82, 2.24) is 5.32 Å². The molecular weight excluding hydrogens is 242 g/mol. The van der Waals surface area contributed by atoms with Gasteiger partial charge in [-0.05, 0) is 18.6 Å². The van der Waals surface area contributed by atoms with Crippen molar-refractivity contribution in [1.29, 1.82) is 0 Å². The lowest BCUT2D eigenvalue weighted by molar-refractivity contribution is 0.247. The molecule has 4 N–H and O–H groups in total. The van der Waals surface area contributed by atoms with Gasteiger partial charge in [0.25, 0.3) is 0 Å². The van der Waals surface area contributed by atoms with E-state index in [1.807, 2.05) is 12.1 Å². The molecule has 5 heteroatoms. The Balaban J connectivity index is 2.54.